The zero-order valence-electron chi connectivity index (χ0n) is 16.8. The average molecular weight is 579 g/mol. The molecule has 162 valence electrons. The minimum atomic E-state index is -0.545. The summed E-state index contributed by atoms with van der Waals surface area (Å²) in [5.74, 6) is -0.361. The molecule has 0 spiro atoms. The molecule has 1 N–H and O–H groups in total. The number of carbonyl (C=O) groups is 1. The fraction of sp³-hybridized carbons (Fsp3) is 0.0833. The lowest BCUT2D eigenvalue weighted by Gasteiger charge is -2.12. The maximum Gasteiger partial charge on any atom is 0.266 e. The van der Waals surface area contributed by atoms with Crippen LogP contribution in [0.4, 0.5) is 10.1 Å². The molecule has 32 heavy (non-hydrogen) atoms. The van der Waals surface area contributed by atoms with Crippen LogP contribution in [0.2, 0.25) is 5.02 Å². The first-order valence-electron chi connectivity index (χ1n) is 9.32. The number of hydrogen-bond acceptors (Lipinski definition) is 3. The molecule has 0 radical (unpaired) electrons. The summed E-state index contributed by atoms with van der Waals surface area (Å²) in [5.41, 5.74) is 2.58. The van der Waals surface area contributed by atoms with Gasteiger partial charge < -0.3 is 10.1 Å². The molecule has 3 aromatic carbocycles. The quantitative estimate of drug-likeness (QED) is 0.244. The van der Waals surface area contributed by atoms with Crippen LogP contribution in [0, 0.1) is 24.1 Å². The van der Waals surface area contributed by atoms with Crippen LogP contribution in [0.3, 0.4) is 0 Å². The Labute approximate surface area is 206 Å². The van der Waals surface area contributed by atoms with Gasteiger partial charge in [-0.3, -0.25) is 4.79 Å². The van der Waals surface area contributed by atoms with Crippen molar-refractivity contribution in [2.24, 2.45) is 0 Å². The molecule has 8 heteroatoms. The summed E-state index contributed by atoms with van der Waals surface area (Å²) in [5, 5.41) is 12.7. The van der Waals surface area contributed by atoms with E-state index in [0.717, 1.165) is 5.56 Å². The number of nitrogens with one attached hydrogen (secondary N) is 1. The number of halogens is 4. The first kappa shape index (κ1) is 24.0. The van der Waals surface area contributed by atoms with Gasteiger partial charge in [0.05, 0.1) is 8.95 Å². The fourth-order valence-corrected chi connectivity index (χ4v) is 4.44. The second-order valence-corrected chi connectivity index (χ2v) is 8.96. The predicted octanol–water partition coefficient (Wildman–Crippen LogP) is 7.44. The third-order valence-electron chi connectivity index (χ3n) is 4.42. The summed E-state index contributed by atoms with van der Waals surface area (Å²) < 4.78 is 20.4. The number of anilines is 1. The molecule has 0 saturated heterocycles. The van der Waals surface area contributed by atoms with Gasteiger partial charge in [-0.15, -0.1) is 0 Å². The molecule has 0 aromatic heterocycles. The van der Waals surface area contributed by atoms with Gasteiger partial charge in [-0.25, -0.2) is 4.39 Å². The summed E-state index contributed by atoms with van der Waals surface area (Å²) in [6, 6.07) is 16.7. The van der Waals surface area contributed by atoms with Gasteiger partial charge in [0.2, 0.25) is 0 Å². The van der Waals surface area contributed by atoms with Crippen molar-refractivity contribution in [1.82, 2.24) is 0 Å². The van der Waals surface area contributed by atoms with Crippen molar-refractivity contribution >= 4 is 61.1 Å². The van der Waals surface area contributed by atoms with E-state index in [1.165, 1.54) is 18.2 Å². The van der Waals surface area contributed by atoms with Crippen LogP contribution in [0.5, 0.6) is 5.75 Å². The van der Waals surface area contributed by atoms with Crippen molar-refractivity contribution < 1.29 is 13.9 Å². The number of amides is 1. The van der Waals surface area contributed by atoms with Crippen LogP contribution in [-0.2, 0) is 11.4 Å². The summed E-state index contributed by atoms with van der Waals surface area (Å²) in [6.45, 7) is 2.01. The van der Waals surface area contributed by atoms with Crippen LogP contribution in [0.15, 0.2) is 69.1 Å². The molecule has 0 atom stereocenters. The van der Waals surface area contributed by atoms with Crippen molar-refractivity contribution in [2.75, 3.05) is 5.32 Å². The van der Waals surface area contributed by atoms with Crippen molar-refractivity contribution in [3.8, 4) is 11.8 Å². The lowest BCUT2D eigenvalue weighted by Crippen LogP contribution is -2.14. The Morgan fingerprint density at radius 1 is 1.19 bits per heavy atom. The van der Waals surface area contributed by atoms with Crippen molar-refractivity contribution in [1.29, 1.82) is 5.26 Å². The Kier molecular flexibility index (Phi) is 8.08. The maximum absolute atomic E-state index is 13.4. The third kappa shape index (κ3) is 6.19. The van der Waals surface area contributed by atoms with Gasteiger partial charge in [0.25, 0.3) is 5.91 Å². The van der Waals surface area contributed by atoms with Gasteiger partial charge in [0.1, 0.15) is 29.8 Å². The topological polar surface area (TPSA) is 62.1 Å². The van der Waals surface area contributed by atoms with Crippen LogP contribution in [0.1, 0.15) is 16.7 Å². The molecule has 0 aliphatic heterocycles. The SMILES string of the molecule is Cc1ccc(Cl)cc1NC(=O)/C(C#N)=C/c1cc(Br)c(OCc2cccc(F)c2)c(Br)c1. The Balaban J connectivity index is 1.79. The number of carbonyl (C=O) groups excluding carboxylic acids is 1. The van der Waals surface area contributed by atoms with Crippen LogP contribution in [-0.4, -0.2) is 5.91 Å². The molecular formula is C24H16Br2ClFN2O2. The zero-order valence-corrected chi connectivity index (χ0v) is 20.7. The number of nitrogens with zero attached hydrogens (tertiary/aromatic N) is 1. The molecule has 0 fully saturated rings. The number of aryl methyl sites for hydroxylation is 1. The molecule has 0 bridgehead atoms. The summed E-state index contributed by atoms with van der Waals surface area (Å²) in [6.07, 6.45) is 1.47. The minimum absolute atomic E-state index is 0.0726. The van der Waals surface area contributed by atoms with Gasteiger partial charge in [-0.1, -0.05) is 29.8 Å². The number of ether oxygens (including phenoxy) is 1. The smallest absolute Gasteiger partial charge is 0.266 e. The number of nitriles is 1. The number of rotatable bonds is 6. The van der Waals surface area contributed by atoms with E-state index in [4.69, 9.17) is 16.3 Å². The standard InChI is InChI=1S/C24H16Br2ClFN2O2/c1-14-5-6-18(27)11-22(14)30-24(31)17(12-29)7-16-9-20(25)23(21(26)10-16)32-13-15-3-2-4-19(28)8-15/h2-11H,13H2,1H3,(H,30,31)/b17-7+. The van der Waals surface area contributed by atoms with E-state index >= 15 is 0 Å². The Bertz CT molecular complexity index is 1230. The van der Waals surface area contributed by atoms with Gasteiger partial charge in [-0.2, -0.15) is 5.26 Å². The normalized spacial score (nSPS) is 11.1. The van der Waals surface area contributed by atoms with Gasteiger partial charge in [-0.05, 0) is 97.9 Å². The van der Waals surface area contributed by atoms with E-state index in [-0.39, 0.29) is 18.0 Å². The van der Waals surface area contributed by atoms with E-state index in [2.05, 4.69) is 37.2 Å². The molecule has 0 aliphatic rings. The van der Waals surface area contributed by atoms with E-state index in [1.54, 1.807) is 42.5 Å². The first-order valence-corrected chi connectivity index (χ1v) is 11.3. The van der Waals surface area contributed by atoms with Crippen molar-refractivity contribution in [2.45, 2.75) is 13.5 Å². The van der Waals surface area contributed by atoms with Crippen LogP contribution >= 0.6 is 43.5 Å². The highest BCUT2D eigenvalue weighted by Crippen LogP contribution is 2.36. The number of hydrogen-bond donors (Lipinski definition) is 1. The molecular weight excluding hydrogens is 563 g/mol. The summed E-state index contributed by atoms with van der Waals surface area (Å²) in [4.78, 5) is 12.6. The second-order valence-electron chi connectivity index (χ2n) is 6.82. The lowest BCUT2D eigenvalue weighted by molar-refractivity contribution is -0.112. The Morgan fingerprint density at radius 3 is 2.56 bits per heavy atom. The third-order valence-corrected chi connectivity index (χ3v) is 5.83. The minimum Gasteiger partial charge on any atom is -0.487 e. The monoisotopic (exact) mass is 576 g/mol. The van der Waals surface area contributed by atoms with Crippen molar-refractivity contribution in [3.05, 3.63) is 96.6 Å². The molecule has 0 aliphatic carbocycles. The molecule has 4 nitrogen and oxygen atoms in total. The number of benzene rings is 3. The second kappa shape index (κ2) is 10.8. The predicted molar refractivity (Wildman–Crippen MR) is 131 cm³/mol. The Morgan fingerprint density at radius 2 is 1.91 bits per heavy atom. The summed E-state index contributed by atoms with van der Waals surface area (Å²) in [7, 11) is 0. The first-order chi connectivity index (χ1) is 15.3. The molecule has 0 unspecified atom stereocenters. The van der Waals surface area contributed by atoms with Crippen LogP contribution < -0.4 is 10.1 Å². The van der Waals surface area contributed by atoms with E-state index < -0.39 is 5.91 Å². The van der Waals surface area contributed by atoms with Gasteiger partial charge in [0.15, 0.2) is 0 Å². The van der Waals surface area contributed by atoms with Gasteiger partial charge >= 0.3 is 0 Å². The van der Waals surface area contributed by atoms with E-state index in [9.17, 15) is 14.4 Å². The molecule has 0 heterocycles. The van der Waals surface area contributed by atoms with Crippen molar-refractivity contribution in [3.63, 3.8) is 0 Å². The molecule has 3 rings (SSSR count). The molecule has 1 amide bonds. The Hall–Kier alpha value is -2.66. The van der Waals surface area contributed by atoms with E-state index in [0.29, 0.717) is 36.5 Å². The maximum atomic E-state index is 13.4. The summed E-state index contributed by atoms with van der Waals surface area (Å²) >= 11 is 12.9. The highest BCUT2D eigenvalue weighted by atomic mass is 79.9. The molecule has 3 aromatic rings. The molecule has 0 saturated carbocycles. The fourth-order valence-electron chi connectivity index (χ4n) is 2.82. The largest absolute Gasteiger partial charge is 0.487 e. The highest BCUT2D eigenvalue weighted by molar-refractivity contribution is 9.11. The van der Waals surface area contributed by atoms with E-state index in [1.807, 2.05) is 13.0 Å². The highest BCUT2D eigenvalue weighted by Gasteiger charge is 2.14. The van der Waals surface area contributed by atoms with Gasteiger partial charge in [0, 0.05) is 10.7 Å². The average Bonchev–Trinajstić information content (AvgIpc) is 2.74. The lowest BCUT2D eigenvalue weighted by atomic mass is 10.1. The zero-order chi connectivity index (χ0) is 23.3. The van der Waals surface area contributed by atoms with Crippen LogP contribution in [0.25, 0.3) is 6.08 Å².